The van der Waals surface area contributed by atoms with Gasteiger partial charge in [-0.3, -0.25) is 4.79 Å². The highest BCUT2D eigenvalue weighted by atomic mass is 32.2. The predicted octanol–water partition coefficient (Wildman–Crippen LogP) is 1.62. The Labute approximate surface area is 122 Å². The Morgan fingerprint density at radius 3 is 2.70 bits per heavy atom. The van der Waals surface area contributed by atoms with Crippen molar-refractivity contribution in [3.63, 3.8) is 0 Å². The molecule has 0 aliphatic carbocycles. The third-order valence-electron chi connectivity index (χ3n) is 3.64. The van der Waals surface area contributed by atoms with Crippen molar-refractivity contribution in [3.05, 3.63) is 12.7 Å². The van der Waals surface area contributed by atoms with Crippen LogP contribution in [-0.4, -0.2) is 56.0 Å². The Kier molecular flexibility index (Phi) is 7.23. The van der Waals surface area contributed by atoms with Crippen molar-refractivity contribution in [3.8, 4) is 0 Å². The lowest BCUT2D eigenvalue weighted by Crippen LogP contribution is -2.37. The smallest absolute Gasteiger partial charge is 0.222 e. The predicted molar refractivity (Wildman–Crippen MR) is 80.9 cm³/mol. The van der Waals surface area contributed by atoms with E-state index in [1.54, 1.807) is 11.9 Å². The highest BCUT2D eigenvalue weighted by Gasteiger charge is 2.22. The summed E-state index contributed by atoms with van der Waals surface area (Å²) in [6.07, 6.45) is 6.86. The average Bonchev–Trinajstić information content (AvgIpc) is 2.81. The number of sulfonamides is 1. The van der Waals surface area contributed by atoms with Crippen LogP contribution in [0.25, 0.3) is 0 Å². The first-order valence-electron chi connectivity index (χ1n) is 7.30. The Bertz CT molecular complexity index is 420. The third kappa shape index (κ3) is 5.63. The number of hydrogen-bond acceptors (Lipinski definition) is 3. The van der Waals surface area contributed by atoms with Gasteiger partial charge in [0, 0.05) is 33.1 Å². The van der Waals surface area contributed by atoms with Crippen molar-refractivity contribution in [1.29, 1.82) is 0 Å². The molecule has 1 aliphatic heterocycles. The van der Waals surface area contributed by atoms with Crippen LogP contribution in [0.4, 0.5) is 0 Å². The van der Waals surface area contributed by atoms with Crippen LogP contribution in [0.15, 0.2) is 12.7 Å². The van der Waals surface area contributed by atoms with Crippen LogP contribution in [0.3, 0.4) is 0 Å². The van der Waals surface area contributed by atoms with Crippen LogP contribution in [0.1, 0.15) is 38.5 Å². The number of nitrogens with zero attached hydrogens (tertiary/aromatic N) is 2. The minimum atomic E-state index is -3.19. The highest BCUT2D eigenvalue weighted by molar-refractivity contribution is 7.89. The van der Waals surface area contributed by atoms with E-state index in [0.29, 0.717) is 25.9 Å². The molecule has 1 heterocycles. The zero-order chi connectivity index (χ0) is 15.0. The molecule has 0 atom stereocenters. The third-order valence-corrected chi connectivity index (χ3v) is 5.58. The van der Waals surface area contributed by atoms with Crippen LogP contribution in [0.5, 0.6) is 0 Å². The Hall–Kier alpha value is -0.880. The SMILES string of the molecule is C=CCCCCCS(=O)(=O)N(C)CCN1CCCC1=O. The summed E-state index contributed by atoms with van der Waals surface area (Å²) in [7, 11) is -1.59. The van der Waals surface area contributed by atoms with Crippen molar-refractivity contribution in [1.82, 2.24) is 9.21 Å². The minimum absolute atomic E-state index is 0.139. The van der Waals surface area contributed by atoms with Gasteiger partial charge in [-0.2, -0.15) is 0 Å². The number of hydrogen-bond donors (Lipinski definition) is 0. The molecule has 1 amide bonds. The molecule has 0 radical (unpaired) electrons. The molecule has 1 saturated heterocycles. The number of likely N-dealkylation sites (N-methyl/N-ethyl adjacent to an activating group) is 1. The highest BCUT2D eigenvalue weighted by Crippen LogP contribution is 2.10. The van der Waals surface area contributed by atoms with E-state index >= 15 is 0 Å². The normalized spacial score (nSPS) is 16.1. The van der Waals surface area contributed by atoms with E-state index in [0.717, 1.165) is 32.2 Å². The van der Waals surface area contributed by atoms with E-state index in [2.05, 4.69) is 6.58 Å². The van der Waals surface area contributed by atoms with Crippen LogP contribution < -0.4 is 0 Å². The maximum atomic E-state index is 12.1. The van der Waals surface area contributed by atoms with Gasteiger partial charge in [0.2, 0.25) is 15.9 Å². The Morgan fingerprint density at radius 1 is 1.35 bits per heavy atom. The molecular weight excluding hydrogens is 276 g/mol. The second kappa shape index (κ2) is 8.42. The second-order valence-electron chi connectivity index (χ2n) is 5.26. The lowest BCUT2D eigenvalue weighted by molar-refractivity contribution is -0.127. The molecule has 0 aromatic heterocycles. The number of rotatable bonds is 10. The van der Waals surface area contributed by atoms with Crippen LogP contribution >= 0.6 is 0 Å². The second-order valence-corrected chi connectivity index (χ2v) is 7.46. The number of carbonyl (C=O) groups excluding carboxylic acids is 1. The van der Waals surface area contributed by atoms with Gasteiger partial charge in [-0.15, -0.1) is 6.58 Å². The largest absolute Gasteiger partial charge is 0.341 e. The van der Waals surface area contributed by atoms with Gasteiger partial charge in [0.1, 0.15) is 0 Å². The van der Waals surface area contributed by atoms with E-state index < -0.39 is 10.0 Å². The molecule has 0 N–H and O–H groups in total. The van der Waals surface area contributed by atoms with Gasteiger partial charge in [-0.1, -0.05) is 12.5 Å². The summed E-state index contributed by atoms with van der Waals surface area (Å²) in [6.45, 7) is 5.30. The first kappa shape index (κ1) is 17.2. The zero-order valence-electron chi connectivity index (χ0n) is 12.4. The molecule has 0 aromatic rings. The average molecular weight is 302 g/mol. The number of likely N-dealkylation sites (tertiary alicyclic amines) is 1. The molecule has 116 valence electrons. The molecule has 6 heteroatoms. The summed E-state index contributed by atoms with van der Waals surface area (Å²) in [5.74, 6) is 0.328. The van der Waals surface area contributed by atoms with Gasteiger partial charge in [-0.25, -0.2) is 12.7 Å². The quantitative estimate of drug-likeness (QED) is 0.455. The summed E-state index contributed by atoms with van der Waals surface area (Å²) in [5, 5.41) is 0. The fourth-order valence-electron chi connectivity index (χ4n) is 2.25. The molecule has 0 spiro atoms. The van der Waals surface area contributed by atoms with Crippen LogP contribution in [0.2, 0.25) is 0 Å². The molecule has 0 bridgehead atoms. The van der Waals surface area contributed by atoms with Crippen molar-refractivity contribution in [2.24, 2.45) is 0 Å². The van der Waals surface area contributed by atoms with Gasteiger partial charge in [0.25, 0.3) is 0 Å². The summed E-state index contributed by atoms with van der Waals surface area (Å²) < 4.78 is 25.5. The summed E-state index contributed by atoms with van der Waals surface area (Å²) in [4.78, 5) is 13.2. The summed E-state index contributed by atoms with van der Waals surface area (Å²) in [5.41, 5.74) is 0. The molecule has 20 heavy (non-hydrogen) atoms. The van der Waals surface area contributed by atoms with E-state index in [9.17, 15) is 13.2 Å². The Balaban J connectivity index is 2.27. The van der Waals surface area contributed by atoms with Crippen molar-refractivity contribution >= 4 is 15.9 Å². The molecule has 5 nitrogen and oxygen atoms in total. The first-order valence-corrected chi connectivity index (χ1v) is 8.91. The van der Waals surface area contributed by atoms with Gasteiger partial charge in [0.15, 0.2) is 0 Å². The molecule has 0 aromatic carbocycles. The maximum Gasteiger partial charge on any atom is 0.222 e. The van der Waals surface area contributed by atoms with E-state index in [4.69, 9.17) is 0 Å². The van der Waals surface area contributed by atoms with Gasteiger partial charge >= 0.3 is 0 Å². The summed E-state index contributed by atoms with van der Waals surface area (Å²) >= 11 is 0. The van der Waals surface area contributed by atoms with Crippen molar-refractivity contribution in [2.75, 3.05) is 32.4 Å². The van der Waals surface area contributed by atoms with Crippen molar-refractivity contribution in [2.45, 2.75) is 38.5 Å². The number of carbonyl (C=O) groups is 1. The monoisotopic (exact) mass is 302 g/mol. The van der Waals surface area contributed by atoms with Crippen LogP contribution in [-0.2, 0) is 14.8 Å². The first-order chi connectivity index (χ1) is 9.47. The van der Waals surface area contributed by atoms with Gasteiger partial charge < -0.3 is 4.90 Å². The fourth-order valence-corrected chi connectivity index (χ4v) is 3.49. The lowest BCUT2D eigenvalue weighted by Gasteiger charge is -2.21. The number of allylic oxidation sites excluding steroid dienone is 1. The van der Waals surface area contributed by atoms with Crippen LogP contribution in [0, 0.1) is 0 Å². The molecule has 0 unspecified atom stereocenters. The fraction of sp³-hybridized carbons (Fsp3) is 0.786. The van der Waals surface area contributed by atoms with E-state index in [1.165, 1.54) is 4.31 Å². The minimum Gasteiger partial charge on any atom is -0.341 e. The topological polar surface area (TPSA) is 57.7 Å². The zero-order valence-corrected chi connectivity index (χ0v) is 13.2. The molecule has 1 fully saturated rings. The van der Waals surface area contributed by atoms with Crippen molar-refractivity contribution < 1.29 is 13.2 Å². The van der Waals surface area contributed by atoms with E-state index in [1.807, 2.05) is 6.08 Å². The maximum absolute atomic E-state index is 12.1. The molecular formula is C14H26N2O3S. The molecule has 1 aliphatic rings. The lowest BCUT2D eigenvalue weighted by atomic mass is 10.2. The van der Waals surface area contributed by atoms with Gasteiger partial charge in [-0.05, 0) is 25.7 Å². The molecule has 1 rings (SSSR count). The number of unbranched alkanes of at least 4 members (excludes halogenated alkanes) is 3. The number of amides is 1. The van der Waals surface area contributed by atoms with Gasteiger partial charge in [0.05, 0.1) is 5.75 Å². The molecule has 0 saturated carbocycles. The summed E-state index contributed by atoms with van der Waals surface area (Å²) in [6, 6.07) is 0. The Morgan fingerprint density at radius 2 is 2.10 bits per heavy atom. The van der Waals surface area contributed by atoms with E-state index in [-0.39, 0.29) is 11.7 Å². The standard InChI is InChI=1S/C14H26N2O3S/c1-3-4-5-6-7-13-20(18,19)15(2)11-12-16-10-8-9-14(16)17/h3H,1,4-13H2,2H3.